The van der Waals surface area contributed by atoms with Crippen LogP contribution in [-0.4, -0.2) is 41.0 Å². The van der Waals surface area contributed by atoms with Gasteiger partial charge in [-0.3, -0.25) is 14.5 Å². The van der Waals surface area contributed by atoms with Crippen LogP contribution >= 0.6 is 11.6 Å². The SMILES string of the molecule is C=CC(=C(C=C(C)Cl)OC(C)(C)C)c1c(CC(=O)O)c(C)nc2c1cc(-c1ccnc(-c3ccc4c(cnn4C)c3)c1)n2C. The molecular formula is C35H36ClN5O3. The lowest BCUT2D eigenvalue weighted by molar-refractivity contribution is -0.136. The highest BCUT2D eigenvalue weighted by molar-refractivity contribution is 6.29. The zero-order valence-corrected chi connectivity index (χ0v) is 26.8. The van der Waals surface area contributed by atoms with Crippen LogP contribution in [0.4, 0.5) is 0 Å². The first-order valence-electron chi connectivity index (χ1n) is 14.3. The van der Waals surface area contributed by atoms with Crippen molar-refractivity contribution in [1.29, 1.82) is 0 Å². The van der Waals surface area contributed by atoms with Crippen LogP contribution in [0.5, 0.6) is 0 Å². The maximum Gasteiger partial charge on any atom is 0.307 e. The van der Waals surface area contributed by atoms with E-state index in [-0.39, 0.29) is 6.42 Å². The van der Waals surface area contributed by atoms with Crippen LogP contribution in [0.3, 0.4) is 0 Å². The maximum absolute atomic E-state index is 12.1. The number of benzene rings is 1. The largest absolute Gasteiger partial charge is 0.487 e. The molecule has 9 heteroatoms. The number of carboxylic acids is 1. The van der Waals surface area contributed by atoms with E-state index in [9.17, 15) is 9.90 Å². The normalized spacial score (nSPS) is 13.0. The van der Waals surface area contributed by atoms with Gasteiger partial charge in [0.05, 0.1) is 29.5 Å². The summed E-state index contributed by atoms with van der Waals surface area (Å²) >= 11 is 6.36. The highest BCUT2D eigenvalue weighted by atomic mass is 35.5. The number of ether oxygens (including phenoxy) is 1. The summed E-state index contributed by atoms with van der Waals surface area (Å²) in [7, 11) is 3.88. The maximum atomic E-state index is 12.1. The Labute approximate surface area is 262 Å². The summed E-state index contributed by atoms with van der Waals surface area (Å²) < 4.78 is 10.2. The van der Waals surface area contributed by atoms with Crippen LogP contribution in [0, 0.1) is 6.92 Å². The van der Waals surface area contributed by atoms with Crippen molar-refractivity contribution in [2.75, 3.05) is 0 Å². The fraction of sp³-hybridized carbons (Fsp3) is 0.257. The zero-order valence-electron chi connectivity index (χ0n) is 26.1. The van der Waals surface area contributed by atoms with E-state index in [0.29, 0.717) is 38.8 Å². The predicted molar refractivity (Wildman–Crippen MR) is 177 cm³/mol. The molecule has 226 valence electrons. The second kappa shape index (κ2) is 11.8. The molecule has 5 rings (SSSR count). The molecule has 5 aromatic rings. The lowest BCUT2D eigenvalue weighted by Gasteiger charge is -2.25. The van der Waals surface area contributed by atoms with Crippen LogP contribution in [-0.2, 0) is 30.0 Å². The number of carboxylic acid groups (broad SMARTS) is 1. The van der Waals surface area contributed by atoms with Crippen LogP contribution < -0.4 is 0 Å². The van der Waals surface area contributed by atoms with Gasteiger partial charge in [0.25, 0.3) is 0 Å². The second-order valence-corrected chi connectivity index (χ2v) is 12.4. The van der Waals surface area contributed by atoms with Gasteiger partial charge >= 0.3 is 5.97 Å². The topological polar surface area (TPSA) is 95.1 Å². The Hall–Kier alpha value is -4.69. The average Bonchev–Trinajstić information content (AvgIpc) is 3.48. The summed E-state index contributed by atoms with van der Waals surface area (Å²) in [6.45, 7) is 13.6. The number of aromatic nitrogens is 5. The van der Waals surface area contributed by atoms with Gasteiger partial charge in [0.2, 0.25) is 0 Å². The van der Waals surface area contributed by atoms with Crippen LogP contribution in [0.15, 0.2) is 78.3 Å². The second-order valence-electron chi connectivity index (χ2n) is 11.8. The third-order valence-electron chi connectivity index (χ3n) is 7.39. The number of aliphatic carboxylic acids is 1. The Morgan fingerprint density at radius 2 is 1.89 bits per heavy atom. The number of halogens is 1. The molecule has 0 fully saturated rings. The van der Waals surface area contributed by atoms with Crippen molar-refractivity contribution in [2.45, 2.75) is 46.6 Å². The number of nitrogens with zero attached hydrogens (tertiary/aromatic N) is 5. The van der Waals surface area contributed by atoms with Gasteiger partial charge < -0.3 is 14.4 Å². The quantitative estimate of drug-likeness (QED) is 0.142. The molecule has 44 heavy (non-hydrogen) atoms. The van der Waals surface area contributed by atoms with Crippen LogP contribution in [0.1, 0.15) is 44.5 Å². The minimum Gasteiger partial charge on any atom is -0.487 e. The molecule has 4 aromatic heterocycles. The van der Waals surface area contributed by atoms with Crippen LogP contribution in [0.2, 0.25) is 0 Å². The van der Waals surface area contributed by atoms with Gasteiger partial charge in [-0.05, 0) is 76.6 Å². The molecule has 0 bridgehead atoms. The average molecular weight is 610 g/mol. The highest BCUT2D eigenvalue weighted by Gasteiger charge is 2.25. The molecule has 0 unspecified atom stereocenters. The molecule has 0 radical (unpaired) electrons. The molecule has 8 nitrogen and oxygen atoms in total. The number of aryl methyl sites for hydroxylation is 3. The third-order valence-corrected chi connectivity index (χ3v) is 7.50. The van der Waals surface area contributed by atoms with Crippen molar-refractivity contribution in [3.63, 3.8) is 0 Å². The number of pyridine rings is 2. The molecule has 1 aromatic carbocycles. The monoisotopic (exact) mass is 609 g/mol. The summed E-state index contributed by atoms with van der Waals surface area (Å²) in [5, 5.41) is 16.6. The van der Waals surface area contributed by atoms with E-state index in [2.05, 4.69) is 28.8 Å². The van der Waals surface area contributed by atoms with Gasteiger partial charge in [-0.25, -0.2) is 4.98 Å². The summed E-state index contributed by atoms with van der Waals surface area (Å²) in [5.74, 6) is -0.456. The summed E-state index contributed by atoms with van der Waals surface area (Å²) in [6.07, 6.45) is 6.87. The molecule has 0 aliphatic rings. The lowest BCUT2D eigenvalue weighted by atomic mass is 9.92. The van der Waals surface area contributed by atoms with Gasteiger partial charge in [0.15, 0.2) is 0 Å². The van der Waals surface area contributed by atoms with E-state index >= 15 is 0 Å². The van der Waals surface area contributed by atoms with Crippen molar-refractivity contribution >= 4 is 45.1 Å². The molecule has 0 atom stereocenters. The smallest absolute Gasteiger partial charge is 0.307 e. The fourth-order valence-corrected chi connectivity index (χ4v) is 5.60. The summed E-state index contributed by atoms with van der Waals surface area (Å²) in [4.78, 5) is 21.7. The van der Waals surface area contributed by atoms with Gasteiger partial charge in [-0.15, -0.1) is 0 Å². The Balaban J connectivity index is 1.77. The number of fused-ring (bicyclic) bond motifs is 2. The van der Waals surface area contributed by atoms with Crippen LogP contribution in [0.25, 0.3) is 50.0 Å². The van der Waals surface area contributed by atoms with Gasteiger partial charge in [-0.2, -0.15) is 5.10 Å². The minimum absolute atomic E-state index is 0.214. The van der Waals surface area contributed by atoms with E-state index in [0.717, 1.165) is 38.8 Å². The molecule has 4 heterocycles. The first-order chi connectivity index (χ1) is 20.8. The standard InChI is InChI=1S/C35H36ClN5O3/c1-9-25(31(14-20(2)36)44-35(4,5)6)33-26(18-32(42)43)21(3)39-34-27(33)17-30(40(34)7)23-12-13-37-28(16-23)22-10-11-29-24(15-22)19-38-41(29)8/h9-17,19H,1,18H2,2-8H3,(H,42,43). The lowest BCUT2D eigenvalue weighted by Crippen LogP contribution is -2.19. The van der Waals surface area contributed by atoms with E-state index in [1.165, 1.54) is 0 Å². The van der Waals surface area contributed by atoms with Crippen molar-refractivity contribution in [1.82, 2.24) is 24.3 Å². The molecule has 1 N–H and O–H groups in total. The van der Waals surface area contributed by atoms with E-state index in [1.54, 1.807) is 25.3 Å². The first-order valence-corrected chi connectivity index (χ1v) is 14.6. The zero-order chi connectivity index (χ0) is 31.9. The number of rotatable bonds is 8. The van der Waals surface area contributed by atoms with Gasteiger partial charge in [0.1, 0.15) is 17.0 Å². The Morgan fingerprint density at radius 1 is 1.14 bits per heavy atom. The number of hydrogen-bond acceptors (Lipinski definition) is 5. The first kappa shape index (κ1) is 30.8. The van der Waals surface area contributed by atoms with Gasteiger partial charge in [0, 0.05) is 64.1 Å². The molecule has 0 aliphatic carbocycles. The van der Waals surface area contributed by atoms with E-state index < -0.39 is 11.6 Å². The van der Waals surface area contributed by atoms with Gasteiger partial charge in [-0.1, -0.05) is 30.3 Å². The number of allylic oxidation sites excluding steroid dienone is 4. The molecular weight excluding hydrogens is 574 g/mol. The molecule has 0 saturated heterocycles. The molecule has 0 saturated carbocycles. The minimum atomic E-state index is -0.957. The van der Waals surface area contributed by atoms with Crippen molar-refractivity contribution < 1.29 is 14.6 Å². The van der Waals surface area contributed by atoms with Crippen molar-refractivity contribution in [3.05, 3.63) is 95.1 Å². The van der Waals surface area contributed by atoms with E-state index in [4.69, 9.17) is 21.3 Å². The third kappa shape index (κ3) is 6.03. The fourth-order valence-electron chi connectivity index (χ4n) is 5.50. The highest BCUT2D eigenvalue weighted by Crippen LogP contribution is 2.38. The summed E-state index contributed by atoms with van der Waals surface area (Å²) in [6, 6.07) is 12.2. The summed E-state index contributed by atoms with van der Waals surface area (Å²) in [5.41, 5.74) is 7.40. The number of hydrogen-bond donors (Lipinski definition) is 1. The molecule has 0 aliphatic heterocycles. The van der Waals surface area contributed by atoms with E-state index in [1.807, 2.05) is 81.5 Å². The Bertz CT molecular complexity index is 2000. The predicted octanol–water partition coefficient (Wildman–Crippen LogP) is 7.98. The Morgan fingerprint density at radius 3 is 2.55 bits per heavy atom. The van der Waals surface area contributed by atoms with Crippen molar-refractivity contribution in [2.24, 2.45) is 14.1 Å². The van der Waals surface area contributed by atoms with Crippen molar-refractivity contribution in [3.8, 4) is 22.5 Å². The number of carbonyl (C=O) groups is 1. The molecule has 0 spiro atoms. The Kier molecular flexibility index (Phi) is 8.23. The molecule has 0 amide bonds.